The molecule has 0 radical (unpaired) electrons. The number of benzene rings is 3. The van der Waals surface area contributed by atoms with Crippen molar-refractivity contribution >= 4 is 61.7 Å². The third kappa shape index (κ3) is 2.50. The van der Waals surface area contributed by atoms with E-state index in [4.69, 9.17) is 21.0 Å². The van der Waals surface area contributed by atoms with Crippen molar-refractivity contribution in [2.24, 2.45) is 0 Å². The Morgan fingerprint density at radius 2 is 1.81 bits per heavy atom. The summed E-state index contributed by atoms with van der Waals surface area (Å²) in [6, 6.07) is 20.9. The number of para-hydroxylation sites is 2. The highest BCUT2D eigenvalue weighted by Gasteiger charge is 2.25. The summed E-state index contributed by atoms with van der Waals surface area (Å²) in [5, 5.41) is 11.6. The maximum atomic E-state index is 6.42. The van der Waals surface area contributed by atoms with Crippen molar-refractivity contribution in [3.05, 3.63) is 71.5 Å². The normalized spacial score (nSPS) is 14.2. The fourth-order valence-corrected chi connectivity index (χ4v) is 4.86. The first-order valence-electron chi connectivity index (χ1n) is 10.7. The molecular weight excluding hydrogens is 422 g/mol. The second kappa shape index (κ2) is 6.43. The van der Waals surface area contributed by atoms with Gasteiger partial charge in [0.2, 0.25) is 5.28 Å². The lowest BCUT2D eigenvalue weighted by molar-refractivity contribution is 0.668. The Labute approximate surface area is 188 Å². The van der Waals surface area contributed by atoms with Crippen LogP contribution in [0.15, 0.2) is 65.1 Å². The quantitative estimate of drug-likeness (QED) is 0.316. The van der Waals surface area contributed by atoms with E-state index in [9.17, 15) is 0 Å². The monoisotopic (exact) mass is 439 g/mol. The smallest absolute Gasteiger partial charge is 0.258 e. The van der Waals surface area contributed by atoms with Crippen LogP contribution >= 0.6 is 11.6 Å². The third-order valence-corrected chi connectivity index (χ3v) is 6.67. The van der Waals surface area contributed by atoms with Crippen molar-refractivity contribution in [2.45, 2.75) is 18.8 Å². The van der Waals surface area contributed by atoms with E-state index in [0.717, 1.165) is 44.3 Å². The number of rotatable bonds is 3. The zero-order valence-electron chi connectivity index (χ0n) is 17.3. The van der Waals surface area contributed by atoms with Gasteiger partial charge in [0.05, 0.1) is 11.2 Å². The molecule has 0 amide bonds. The van der Waals surface area contributed by atoms with E-state index in [2.05, 4.69) is 51.5 Å². The average Bonchev–Trinajstić information content (AvgIpc) is 3.51. The number of halogens is 1. The second-order valence-corrected chi connectivity index (χ2v) is 8.74. The summed E-state index contributed by atoms with van der Waals surface area (Å²) in [7, 11) is 2.00. The number of nitrogens with zero attached hydrogens (tertiary/aromatic N) is 5. The van der Waals surface area contributed by atoms with Gasteiger partial charge in [-0.1, -0.05) is 36.4 Å². The molecular formula is C25H18ClN5O. The van der Waals surface area contributed by atoms with Crippen molar-refractivity contribution in [1.82, 2.24) is 19.6 Å². The number of hydrogen-bond acceptors (Lipinski definition) is 5. The highest BCUT2D eigenvalue weighted by atomic mass is 35.5. The van der Waals surface area contributed by atoms with Gasteiger partial charge in [-0.15, -0.1) is 10.2 Å². The fourth-order valence-electron chi connectivity index (χ4n) is 4.65. The average molecular weight is 440 g/mol. The zero-order chi connectivity index (χ0) is 21.4. The topological polar surface area (TPSA) is 59.5 Å². The van der Waals surface area contributed by atoms with Crippen LogP contribution in [0.4, 0.5) is 11.5 Å². The first-order valence-corrected chi connectivity index (χ1v) is 11.0. The highest BCUT2D eigenvalue weighted by Crippen LogP contribution is 2.43. The van der Waals surface area contributed by atoms with Crippen molar-refractivity contribution in [1.29, 1.82) is 0 Å². The van der Waals surface area contributed by atoms with Gasteiger partial charge < -0.3 is 9.32 Å². The van der Waals surface area contributed by atoms with Gasteiger partial charge >= 0.3 is 0 Å². The summed E-state index contributed by atoms with van der Waals surface area (Å²) < 4.78 is 8.18. The molecule has 3 heterocycles. The van der Waals surface area contributed by atoms with Crippen LogP contribution in [0.2, 0.25) is 5.28 Å². The van der Waals surface area contributed by atoms with E-state index >= 15 is 0 Å². The predicted octanol–water partition coefficient (Wildman–Crippen LogP) is 6.48. The van der Waals surface area contributed by atoms with Gasteiger partial charge in [-0.3, -0.25) is 0 Å². The van der Waals surface area contributed by atoms with Crippen LogP contribution < -0.4 is 4.90 Å². The molecule has 3 aromatic carbocycles. The summed E-state index contributed by atoms with van der Waals surface area (Å²) in [6.45, 7) is 0. The lowest BCUT2D eigenvalue weighted by Crippen LogP contribution is -2.13. The Kier molecular flexibility index (Phi) is 3.62. The summed E-state index contributed by atoms with van der Waals surface area (Å²) >= 11 is 6.28. The van der Waals surface area contributed by atoms with E-state index in [-0.39, 0.29) is 0 Å². The van der Waals surface area contributed by atoms with Gasteiger partial charge in [0.15, 0.2) is 5.58 Å². The summed E-state index contributed by atoms with van der Waals surface area (Å²) in [6.07, 6.45) is 2.54. The van der Waals surface area contributed by atoms with Crippen LogP contribution in [0.5, 0.6) is 0 Å². The molecule has 6 nitrogen and oxygen atoms in total. The molecule has 0 saturated heterocycles. The van der Waals surface area contributed by atoms with E-state index in [1.54, 1.807) is 4.40 Å². The molecule has 1 saturated carbocycles. The molecule has 7 heteroatoms. The maximum absolute atomic E-state index is 6.42. The molecule has 32 heavy (non-hydrogen) atoms. The summed E-state index contributed by atoms with van der Waals surface area (Å²) in [5.74, 6) is 1.91. The molecule has 0 bridgehead atoms. The van der Waals surface area contributed by atoms with Gasteiger partial charge in [-0.2, -0.15) is 4.98 Å². The molecule has 1 aliphatic rings. The largest absolute Gasteiger partial charge is 0.454 e. The standard InChI is InChI=1S/C25H18ClN5O/c1-30(23-18-5-2-3-7-19(18)31-24(26)28-29-25(31)27-23)20-8-4-6-17-16-12-11-15(14-9-10-14)13-21(16)32-22(17)20/h2-8,11-14H,9-10H2,1H3. The maximum Gasteiger partial charge on any atom is 0.258 e. The molecule has 7 rings (SSSR count). The number of anilines is 2. The SMILES string of the molecule is CN(c1nc2nnc(Cl)n2c2ccccc12)c1cccc2c1oc1cc(C3CC3)ccc12. The van der Waals surface area contributed by atoms with Crippen molar-refractivity contribution in [2.75, 3.05) is 11.9 Å². The molecule has 0 atom stereocenters. The van der Waals surface area contributed by atoms with Crippen molar-refractivity contribution < 1.29 is 4.42 Å². The number of hydrogen-bond donors (Lipinski definition) is 0. The predicted molar refractivity (Wildman–Crippen MR) is 127 cm³/mol. The molecule has 1 fully saturated rings. The summed E-state index contributed by atoms with van der Waals surface area (Å²) in [5.41, 5.74) is 5.00. The minimum absolute atomic E-state index is 0.295. The molecule has 3 aromatic heterocycles. The number of fused-ring (bicyclic) bond motifs is 6. The van der Waals surface area contributed by atoms with Gasteiger partial charge in [0.1, 0.15) is 11.4 Å². The third-order valence-electron chi connectivity index (χ3n) is 6.43. The van der Waals surface area contributed by atoms with Gasteiger partial charge in [-0.05, 0) is 60.2 Å². The Morgan fingerprint density at radius 3 is 2.69 bits per heavy atom. The van der Waals surface area contributed by atoms with Crippen LogP contribution in [0.1, 0.15) is 24.3 Å². The molecule has 156 valence electrons. The van der Waals surface area contributed by atoms with E-state index in [1.165, 1.54) is 18.4 Å². The van der Waals surface area contributed by atoms with E-state index in [1.807, 2.05) is 31.3 Å². The van der Waals surface area contributed by atoms with Crippen LogP contribution in [-0.4, -0.2) is 26.6 Å². The molecule has 0 N–H and O–H groups in total. The van der Waals surface area contributed by atoms with Gasteiger partial charge in [0, 0.05) is 23.2 Å². The van der Waals surface area contributed by atoms with Crippen LogP contribution in [0.25, 0.3) is 38.6 Å². The second-order valence-electron chi connectivity index (χ2n) is 8.40. The Hall–Kier alpha value is -3.64. The zero-order valence-corrected chi connectivity index (χ0v) is 18.0. The van der Waals surface area contributed by atoms with Gasteiger partial charge in [0.25, 0.3) is 5.78 Å². The van der Waals surface area contributed by atoms with Crippen molar-refractivity contribution in [3.63, 3.8) is 0 Å². The molecule has 0 spiro atoms. The summed E-state index contributed by atoms with van der Waals surface area (Å²) in [4.78, 5) is 6.85. The number of furan rings is 1. The van der Waals surface area contributed by atoms with Gasteiger partial charge in [-0.25, -0.2) is 4.40 Å². The Morgan fingerprint density at radius 1 is 0.969 bits per heavy atom. The Bertz CT molecular complexity index is 1680. The first kappa shape index (κ1) is 18.0. The lowest BCUT2D eigenvalue weighted by Gasteiger charge is -2.20. The van der Waals surface area contributed by atoms with E-state index < -0.39 is 0 Å². The molecule has 0 aliphatic heterocycles. The minimum atomic E-state index is 0.295. The molecule has 1 aliphatic carbocycles. The number of aromatic nitrogens is 4. The molecule has 6 aromatic rings. The van der Waals surface area contributed by atoms with Crippen LogP contribution in [-0.2, 0) is 0 Å². The van der Waals surface area contributed by atoms with Crippen molar-refractivity contribution in [3.8, 4) is 0 Å². The van der Waals surface area contributed by atoms with Crippen LogP contribution in [0.3, 0.4) is 0 Å². The van der Waals surface area contributed by atoms with E-state index in [0.29, 0.717) is 17.0 Å². The molecule has 0 unspecified atom stereocenters. The van der Waals surface area contributed by atoms with Crippen LogP contribution in [0, 0.1) is 0 Å². The Balaban J connectivity index is 1.47. The first-order chi connectivity index (χ1) is 15.7. The minimum Gasteiger partial charge on any atom is -0.454 e. The highest BCUT2D eigenvalue weighted by molar-refractivity contribution is 6.29. The fraction of sp³-hybridized carbons (Fsp3) is 0.160. The lowest BCUT2D eigenvalue weighted by atomic mass is 10.1.